The van der Waals surface area contributed by atoms with Gasteiger partial charge in [-0.15, -0.1) is 0 Å². The van der Waals surface area contributed by atoms with Crippen molar-refractivity contribution in [2.75, 3.05) is 26.1 Å². The first-order valence-corrected chi connectivity index (χ1v) is 13.4. The molecule has 1 aliphatic rings. The molecular weight excluding hydrogens is 549 g/mol. The summed E-state index contributed by atoms with van der Waals surface area (Å²) in [4.78, 5) is 35.6. The van der Waals surface area contributed by atoms with Crippen LogP contribution in [0.2, 0.25) is 10.0 Å². The highest BCUT2D eigenvalue weighted by Gasteiger charge is 2.45. The van der Waals surface area contributed by atoms with E-state index in [-0.39, 0.29) is 11.9 Å². The summed E-state index contributed by atoms with van der Waals surface area (Å²) in [6.45, 7) is 6.19. The van der Waals surface area contributed by atoms with Crippen LogP contribution < -0.4 is 9.64 Å². The van der Waals surface area contributed by atoms with Crippen LogP contribution in [0.3, 0.4) is 0 Å². The van der Waals surface area contributed by atoms with E-state index in [9.17, 15) is 9.59 Å². The fraction of sp³-hybridized carbons (Fsp3) is 0.267. The smallest absolute Gasteiger partial charge is 0.279 e. The van der Waals surface area contributed by atoms with Gasteiger partial charge in [-0.1, -0.05) is 47.0 Å². The van der Waals surface area contributed by atoms with Crippen molar-refractivity contribution >= 4 is 41.2 Å². The van der Waals surface area contributed by atoms with Gasteiger partial charge < -0.3 is 14.2 Å². The van der Waals surface area contributed by atoms with Crippen molar-refractivity contribution in [1.29, 1.82) is 0 Å². The Kier molecular flexibility index (Phi) is 8.81. The molecule has 40 heavy (non-hydrogen) atoms. The molecular formula is C30H31Cl2N5O3. The molecule has 5 rings (SSSR count). The minimum absolute atomic E-state index is 0.0199. The lowest BCUT2D eigenvalue weighted by Gasteiger charge is -2.28. The molecule has 4 aromatic rings. The van der Waals surface area contributed by atoms with Crippen molar-refractivity contribution in [3.05, 3.63) is 93.5 Å². The molecule has 2 aromatic carbocycles. The number of halogens is 2. The van der Waals surface area contributed by atoms with Crippen LogP contribution in [0.15, 0.2) is 60.9 Å². The predicted octanol–water partition coefficient (Wildman–Crippen LogP) is 6.60. The third kappa shape index (κ3) is 5.69. The van der Waals surface area contributed by atoms with Gasteiger partial charge in [0.1, 0.15) is 17.6 Å². The Balaban J connectivity index is 0.000000681. The minimum Gasteiger partial charge on any atom is -0.496 e. The highest BCUT2D eigenvalue weighted by molar-refractivity contribution is 6.31. The molecule has 208 valence electrons. The Morgan fingerprint density at radius 3 is 2.27 bits per heavy atom. The van der Waals surface area contributed by atoms with Gasteiger partial charge in [-0.3, -0.25) is 19.5 Å². The Labute approximate surface area is 244 Å². The largest absolute Gasteiger partial charge is 0.496 e. The summed E-state index contributed by atoms with van der Waals surface area (Å²) in [6.07, 6.45) is 3.94. The average molecular weight is 581 g/mol. The van der Waals surface area contributed by atoms with Crippen LogP contribution in [0.1, 0.15) is 53.2 Å². The van der Waals surface area contributed by atoms with Crippen LogP contribution in [-0.2, 0) is 4.79 Å². The van der Waals surface area contributed by atoms with E-state index in [1.165, 1.54) is 4.90 Å². The van der Waals surface area contributed by atoms with Gasteiger partial charge in [0.2, 0.25) is 6.41 Å². The highest BCUT2D eigenvalue weighted by Crippen LogP contribution is 2.46. The Bertz CT molecular complexity index is 1530. The summed E-state index contributed by atoms with van der Waals surface area (Å²) in [7, 11) is 5.01. The third-order valence-electron chi connectivity index (χ3n) is 6.36. The number of nitrogens with zero attached hydrogens (tertiary/aromatic N) is 5. The van der Waals surface area contributed by atoms with Crippen LogP contribution in [0, 0.1) is 6.92 Å². The molecule has 0 N–H and O–H groups in total. The summed E-state index contributed by atoms with van der Waals surface area (Å²) in [5, 5.41) is 1.07. The minimum atomic E-state index is -0.436. The second-order valence-corrected chi connectivity index (χ2v) is 10.8. The SMILES string of the molecule is CN(C)C=O.COc1ccc(C)cc1-c1nc2c(n1C(C)C)C(c1ccc(Cl)cc1)N(c1cncc(Cl)c1)C2=O. The number of ether oxygens (including phenoxy) is 1. The number of hydrogen-bond donors (Lipinski definition) is 0. The molecule has 10 heteroatoms. The molecule has 2 amide bonds. The van der Waals surface area contributed by atoms with E-state index in [0.29, 0.717) is 33.0 Å². The van der Waals surface area contributed by atoms with Crippen LogP contribution in [0.25, 0.3) is 11.4 Å². The van der Waals surface area contributed by atoms with Crippen LogP contribution in [-0.4, -0.2) is 53.0 Å². The Hall–Kier alpha value is -3.88. The lowest BCUT2D eigenvalue weighted by Crippen LogP contribution is -2.30. The molecule has 0 bridgehead atoms. The number of anilines is 1. The fourth-order valence-electron chi connectivity index (χ4n) is 4.68. The van der Waals surface area contributed by atoms with Gasteiger partial charge >= 0.3 is 0 Å². The zero-order valence-corrected chi connectivity index (χ0v) is 24.7. The van der Waals surface area contributed by atoms with Crippen molar-refractivity contribution in [3.63, 3.8) is 0 Å². The number of aromatic nitrogens is 3. The second kappa shape index (κ2) is 12.1. The standard InChI is InChI=1S/C27H24Cl2N4O2.C3H7NO/c1-15(2)32-25-23(31-26(32)21-11-16(3)5-10-22(21)35-4)27(34)33(20-12-19(29)13-30-14-20)24(25)17-6-8-18(28)9-7-17;1-4(2)3-5/h5-15,24H,1-4H3;3H,1-2H3. The first kappa shape index (κ1) is 29.1. The lowest BCUT2D eigenvalue weighted by molar-refractivity contribution is -0.115. The molecule has 0 radical (unpaired) electrons. The molecule has 0 spiro atoms. The number of imidazole rings is 1. The maximum atomic E-state index is 13.9. The van der Waals surface area contributed by atoms with E-state index in [1.807, 2.05) is 49.4 Å². The number of methoxy groups -OCH3 is 1. The van der Waals surface area contributed by atoms with Gasteiger partial charge in [-0.2, -0.15) is 0 Å². The maximum absolute atomic E-state index is 13.9. The zero-order valence-electron chi connectivity index (χ0n) is 23.2. The summed E-state index contributed by atoms with van der Waals surface area (Å²) in [5.41, 5.74) is 4.64. The van der Waals surface area contributed by atoms with Crippen molar-refractivity contribution in [2.45, 2.75) is 32.9 Å². The number of pyridine rings is 1. The number of carbonyl (C=O) groups excluding carboxylic acids is 2. The summed E-state index contributed by atoms with van der Waals surface area (Å²) in [5.74, 6) is 1.19. The number of fused-ring (bicyclic) bond motifs is 1. The van der Waals surface area contributed by atoms with Gasteiger partial charge in [-0.25, -0.2) is 4.98 Å². The molecule has 0 saturated heterocycles. The molecule has 3 heterocycles. The van der Waals surface area contributed by atoms with E-state index >= 15 is 0 Å². The number of amides is 2. The molecule has 2 aromatic heterocycles. The Morgan fingerprint density at radius 1 is 1.02 bits per heavy atom. The number of aryl methyl sites for hydroxylation is 1. The lowest BCUT2D eigenvalue weighted by atomic mass is 10.0. The maximum Gasteiger partial charge on any atom is 0.279 e. The fourth-order valence-corrected chi connectivity index (χ4v) is 4.97. The quantitative estimate of drug-likeness (QED) is 0.240. The third-order valence-corrected chi connectivity index (χ3v) is 6.82. The van der Waals surface area contributed by atoms with Gasteiger partial charge in [-0.05, 0) is 56.7 Å². The highest BCUT2D eigenvalue weighted by atomic mass is 35.5. The molecule has 0 fully saturated rings. The van der Waals surface area contributed by atoms with Gasteiger partial charge in [0.05, 0.1) is 35.3 Å². The van der Waals surface area contributed by atoms with E-state index < -0.39 is 6.04 Å². The average Bonchev–Trinajstić information content (AvgIpc) is 3.44. The molecule has 8 nitrogen and oxygen atoms in total. The number of hydrogen-bond acceptors (Lipinski definition) is 5. The van der Waals surface area contributed by atoms with E-state index in [1.54, 1.807) is 44.6 Å². The van der Waals surface area contributed by atoms with Gasteiger partial charge in [0.25, 0.3) is 5.91 Å². The molecule has 0 saturated carbocycles. The predicted molar refractivity (Wildman–Crippen MR) is 158 cm³/mol. The summed E-state index contributed by atoms with van der Waals surface area (Å²) >= 11 is 12.4. The normalized spacial score (nSPS) is 14.1. The van der Waals surface area contributed by atoms with E-state index in [4.69, 9.17) is 32.9 Å². The monoisotopic (exact) mass is 579 g/mol. The van der Waals surface area contributed by atoms with Crippen molar-refractivity contribution in [2.24, 2.45) is 0 Å². The van der Waals surface area contributed by atoms with Gasteiger partial charge in [0.15, 0.2) is 5.69 Å². The second-order valence-electron chi connectivity index (χ2n) is 9.90. The zero-order chi connectivity index (χ0) is 29.1. The van der Waals surface area contributed by atoms with E-state index in [0.717, 1.165) is 28.8 Å². The topological polar surface area (TPSA) is 80.6 Å². The first-order valence-electron chi connectivity index (χ1n) is 12.7. The molecule has 1 aliphatic heterocycles. The number of benzene rings is 2. The Morgan fingerprint density at radius 2 is 1.70 bits per heavy atom. The van der Waals surface area contributed by atoms with Crippen LogP contribution >= 0.6 is 23.2 Å². The molecule has 0 aliphatic carbocycles. The van der Waals surface area contributed by atoms with Crippen LogP contribution in [0.5, 0.6) is 5.75 Å². The summed E-state index contributed by atoms with van der Waals surface area (Å²) < 4.78 is 7.79. The molecule has 1 atom stereocenters. The van der Waals surface area contributed by atoms with E-state index in [2.05, 4.69) is 23.4 Å². The van der Waals surface area contributed by atoms with Crippen LogP contribution in [0.4, 0.5) is 5.69 Å². The summed E-state index contributed by atoms with van der Waals surface area (Å²) in [6, 6.07) is 14.8. The number of rotatable bonds is 6. The van der Waals surface area contributed by atoms with Crippen molar-refractivity contribution in [3.8, 4) is 17.1 Å². The van der Waals surface area contributed by atoms with Crippen molar-refractivity contribution in [1.82, 2.24) is 19.4 Å². The van der Waals surface area contributed by atoms with Gasteiger partial charge in [0, 0.05) is 31.4 Å². The first-order chi connectivity index (χ1) is 19.1. The molecule has 1 unspecified atom stereocenters. The number of carbonyl (C=O) groups is 2. The van der Waals surface area contributed by atoms with Crippen molar-refractivity contribution < 1.29 is 14.3 Å².